The van der Waals surface area contributed by atoms with Crippen LogP contribution >= 0.6 is 11.6 Å². The lowest BCUT2D eigenvalue weighted by molar-refractivity contribution is -0.122. The Kier molecular flexibility index (Phi) is 8.30. The Balaban J connectivity index is 1.30. The molecule has 13 heteroatoms. The molecule has 1 heterocycles. The number of nitrogens with zero attached hydrogens (tertiary/aromatic N) is 1. The molecule has 0 aliphatic carbocycles. The average molecular weight is 628 g/mol. The summed E-state index contributed by atoms with van der Waals surface area (Å²) in [5, 5.41) is 3.06. The lowest BCUT2D eigenvalue weighted by atomic mass is 10.2. The van der Waals surface area contributed by atoms with Gasteiger partial charge in [-0.15, -0.1) is 0 Å². The Bertz CT molecular complexity index is 1800. The van der Waals surface area contributed by atoms with Crippen LogP contribution in [-0.4, -0.2) is 42.0 Å². The zero-order valence-corrected chi connectivity index (χ0v) is 24.6. The number of fused-ring (bicyclic) bond motifs is 1. The van der Waals surface area contributed by atoms with Crippen LogP contribution in [0.4, 0.5) is 17.1 Å². The third-order valence-corrected chi connectivity index (χ3v) is 9.72. The van der Waals surface area contributed by atoms with E-state index < -0.39 is 32.1 Å². The van der Waals surface area contributed by atoms with E-state index in [1.54, 1.807) is 48.5 Å². The van der Waals surface area contributed by atoms with Crippen molar-refractivity contribution in [1.82, 2.24) is 0 Å². The summed E-state index contributed by atoms with van der Waals surface area (Å²) in [6, 6.07) is 24.3. The molecule has 0 spiro atoms. The quantitative estimate of drug-likeness (QED) is 0.263. The van der Waals surface area contributed by atoms with Gasteiger partial charge in [-0.2, -0.15) is 0 Å². The van der Waals surface area contributed by atoms with Crippen LogP contribution in [0.5, 0.6) is 11.5 Å². The summed E-state index contributed by atoms with van der Waals surface area (Å²) in [5.74, 6) is 0.240. The molecule has 1 aliphatic rings. The highest BCUT2D eigenvalue weighted by Gasteiger charge is 2.37. The van der Waals surface area contributed by atoms with E-state index in [9.17, 15) is 21.6 Å². The predicted molar refractivity (Wildman–Crippen MR) is 160 cm³/mol. The van der Waals surface area contributed by atoms with Gasteiger partial charge in [0.25, 0.3) is 26.0 Å². The second kappa shape index (κ2) is 11.9. The molecule has 4 aromatic rings. The first-order chi connectivity index (χ1) is 20.1. The molecule has 0 fully saturated rings. The SMILES string of the molecule is CCOc1ccc(NS(=O)(=O)c2ccc(NC(=O)C3CN(S(=O)(=O)c4ccc(Cl)cc4)c4ccccc4O3)cc2)cc1. The Morgan fingerprint density at radius 1 is 0.881 bits per heavy atom. The Labute approximate surface area is 248 Å². The molecule has 0 aromatic heterocycles. The van der Waals surface area contributed by atoms with Gasteiger partial charge in [-0.1, -0.05) is 23.7 Å². The van der Waals surface area contributed by atoms with Crippen LogP contribution in [0, 0.1) is 0 Å². The standard InChI is InChI=1S/C29H26ClN3O7S2/c1-2-39-23-13-9-22(10-14-23)32-41(35,36)24-17-11-21(12-18-24)31-29(34)28-19-33(26-5-3-4-6-27(26)40-28)42(37,38)25-15-7-20(30)8-16-25/h3-18,28,32H,2,19H2,1H3,(H,31,34). The minimum atomic E-state index is -4.05. The van der Waals surface area contributed by atoms with E-state index in [0.29, 0.717) is 34.4 Å². The number of rotatable bonds is 9. The molecule has 0 radical (unpaired) electrons. The first-order valence-electron chi connectivity index (χ1n) is 12.8. The molecule has 10 nitrogen and oxygen atoms in total. The van der Waals surface area contributed by atoms with Gasteiger partial charge < -0.3 is 14.8 Å². The number of hydrogen-bond acceptors (Lipinski definition) is 7. The van der Waals surface area contributed by atoms with Crippen LogP contribution in [-0.2, 0) is 24.8 Å². The molecule has 0 saturated carbocycles. The molecule has 42 heavy (non-hydrogen) atoms. The van der Waals surface area contributed by atoms with E-state index in [0.717, 1.165) is 4.31 Å². The van der Waals surface area contributed by atoms with E-state index in [4.69, 9.17) is 21.1 Å². The molecular formula is C29H26ClN3O7S2. The Hall–Kier alpha value is -4.26. The second-order valence-electron chi connectivity index (χ2n) is 9.14. The summed E-state index contributed by atoms with van der Waals surface area (Å²) < 4.78 is 67.6. The van der Waals surface area contributed by atoms with Crippen LogP contribution < -0.4 is 23.8 Å². The smallest absolute Gasteiger partial charge is 0.267 e. The molecule has 2 N–H and O–H groups in total. The van der Waals surface area contributed by atoms with Crippen molar-refractivity contribution < 1.29 is 31.1 Å². The van der Waals surface area contributed by atoms with Crippen LogP contribution in [0.3, 0.4) is 0 Å². The summed E-state index contributed by atoms with van der Waals surface area (Å²) in [4.78, 5) is 13.2. The molecule has 0 bridgehead atoms. The van der Waals surface area contributed by atoms with Crippen LogP contribution in [0.2, 0.25) is 5.02 Å². The summed E-state index contributed by atoms with van der Waals surface area (Å²) in [6.07, 6.45) is -1.19. The van der Waals surface area contributed by atoms with Gasteiger partial charge in [0.15, 0.2) is 6.10 Å². The van der Waals surface area contributed by atoms with Crippen molar-refractivity contribution in [3.05, 3.63) is 102 Å². The molecule has 4 aromatic carbocycles. The van der Waals surface area contributed by atoms with Crippen molar-refractivity contribution in [3.8, 4) is 11.5 Å². The van der Waals surface area contributed by atoms with Gasteiger partial charge in [0.1, 0.15) is 11.5 Å². The van der Waals surface area contributed by atoms with Gasteiger partial charge in [-0.25, -0.2) is 16.8 Å². The normalized spacial score (nSPS) is 14.8. The van der Waals surface area contributed by atoms with E-state index in [1.165, 1.54) is 48.5 Å². The highest BCUT2D eigenvalue weighted by atomic mass is 35.5. The molecule has 1 amide bonds. The van der Waals surface area contributed by atoms with Crippen molar-refractivity contribution in [2.75, 3.05) is 27.5 Å². The fourth-order valence-electron chi connectivity index (χ4n) is 4.24. The summed E-state index contributed by atoms with van der Waals surface area (Å²) in [7, 11) is -7.95. The number of sulfonamides is 2. The van der Waals surface area contributed by atoms with Crippen LogP contribution in [0.1, 0.15) is 6.92 Å². The minimum Gasteiger partial charge on any atom is -0.494 e. The summed E-state index contributed by atoms with van der Waals surface area (Å²) in [6.45, 7) is 2.06. The van der Waals surface area contributed by atoms with E-state index in [-0.39, 0.29) is 22.1 Å². The number of halogens is 1. The van der Waals surface area contributed by atoms with E-state index in [1.807, 2.05) is 6.92 Å². The summed E-state index contributed by atoms with van der Waals surface area (Å²) in [5.41, 5.74) is 0.962. The number of amides is 1. The third kappa shape index (κ3) is 6.30. The average Bonchev–Trinajstić information content (AvgIpc) is 2.98. The fraction of sp³-hybridized carbons (Fsp3) is 0.138. The van der Waals surface area contributed by atoms with Gasteiger partial charge in [0, 0.05) is 16.4 Å². The van der Waals surface area contributed by atoms with Crippen molar-refractivity contribution in [1.29, 1.82) is 0 Å². The predicted octanol–water partition coefficient (Wildman–Crippen LogP) is 5.13. The molecule has 0 saturated heterocycles. The number of benzene rings is 4. The van der Waals surface area contributed by atoms with Gasteiger partial charge in [-0.05, 0) is 91.9 Å². The van der Waals surface area contributed by atoms with Crippen LogP contribution in [0.25, 0.3) is 0 Å². The molecule has 1 atom stereocenters. The van der Waals surface area contributed by atoms with Crippen molar-refractivity contribution >= 4 is 54.6 Å². The molecule has 218 valence electrons. The number of ether oxygens (including phenoxy) is 2. The van der Waals surface area contributed by atoms with Crippen molar-refractivity contribution in [2.24, 2.45) is 0 Å². The molecule has 5 rings (SSSR count). The number of carbonyl (C=O) groups excluding carboxylic acids is 1. The van der Waals surface area contributed by atoms with Crippen LogP contribution in [0.15, 0.2) is 107 Å². The maximum Gasteiger partial charge on any atom is 0.267 e. The minimum absolute atomic E-state index is 0.0124. The number of nitrogens with one attached hydrogen (secondary N) is 2. The first kappa shape index (κ1) is 29.2. The second-order valence-corrected chi connectivity index (χ2v) is 13.1. The van der Waals surface area contributed by atoms with E-state index >= 15 is 0 Å². The molecule has 1 unspecified atom stereocenters. The maximum absolute atomic E-state index is 13.5. The fourth-order valence-corrected chi connectivity index (χ4v) is 6.90. The third-order valence-electron chi connectivity index (χ3n) is 6.28. The zero-order chi connectivity index (χ0) is 29.9. The largest absolute Gasteiger partial charge is 0.494 e. The van der Waals surface area contributed by atoms with Gasteiger partial charge in [-0.3, -0.25) is 13.8 Å². The molecule has 1 aliphatic heterocycles. The topological polar surface area (TPSA) is 131 Å². The number of carbonyl (C=O) groups is 1. The monoisotopic (exact) mass is 627 g/mol. The summed E-state index contributed by atoms with van der Waals surface area (Å²) >= 11 is 5.93. The lowest BCUT2D eigenvalue weighted by Crippen LogP contribution is -2.48. The van der Waals surface area contributed by atoms with Crippen molar-refractivity contribution in [3.63, 3.8) is 0 Å². The van der Waals surface area contributed by atoms with Gasteiger partial charge >= 0.3 is 0 Å². The maximum atomic E-state index is 13.5. The Morgan fingerprint density at radius 3 is 2.17 bits per heavy atom. The number of anilines is 3. The Morgan fingerprint density at radius 2 is 1.50 bits per heavy atom. The number of para-hydroxylation sites is 2. The zero-order valence-electron chi connectivity index (χ0n) is 22.2. The van der Waals surface area contributed by atoms with Crippen molar-refractivity contribution in [2.45, 2.75) is 22.8 Å². The lowest BCUT2D eigenvalue weighted by Gasteiger charge is -2.34. The van der Waals surface area contributed by atoms with E-state index in [2.05, 4.69) is 10.0 Å². The van der Waals surface area contributed by atoms with Gasteiger partial charge in [0.05, 0.1) is 28.6 Å². The number of hydrogen-bond donors (Lipinski definition) is 2. The highest BCUT2D eigenvalue weighted by molar-refractivity contribution is 7.93. The first-order valence-corrected chi connectivity index (χ1v) is 16.1. The van der Waals surface area contributed by atoms with Gasteiger partial charge in [0.2, 0.25) is 0 Å². The molecular weight excluding hydrogens is 602 g/mol. The highest BCUT2D eigenvalue weighted by Crippen LogP contribution is 2.37.